The molecule has 0 radical (unpaired) electrons. The molecule has 18 heavy (non-hydrogen) atoms. The summed E-state index contributed by atoms with van der Waals surface area (Å²) in [6.45, 7) is 5.38. The largest absolute Gasteiger partial charge is 0.356 e. The zero-order chi connectivity index (χ0) is 13.4. The van der Waals surface area contributed by atoms with E-state index in [9.17, 15) is 4.39 Å². The Hall–Kier alpha value is -1.58. The van der Waals surface area contributed by atoms with Crippen molar-refractivity contribution in [1.82, 2.24) is 10.6 Å². The Morgan fingerprint density at radius 3 is 2.72 bits per heavy atom. The van der Waals surface area contributed by atoms with Crippen LogP contribution in [0.3, 0.4) is 0 Å². The minimum Gasteiger partial charge on any atom is -0.356 e. The number of guanidine groups is 1. The zero-order valence-corrected chi connectivity index (χ0v) is 11.4. The van der Waals surface area contributed by atoms with Crippen LogP contribution in [0.1, 0.15) is 30.9 Å². The number of unbranched alkanes of at least 4 members (excludes halogenated alkanes) is 1. The van der Waals surface area contributed by atoms with Crippen molar-refractivity contribution < 1.29 is 4.39 Å². The number of halogens is 1. The van der Waals surface area contributed by atoms with Crippen LogP contribution in [0.5, 0.6) is 0 Å². The second-order valence-corrected chi connectivity index (χ2v) is 4.29. The summed E-state index contributed by atoms with van der Waals surface area (Å²) < 4.78 is 13.4. The van der Waals surface area contributed by atoms with Gasteiger partial charge in [-0.15, -0.1) is 0 Å². The molecule has 2 N–H and O–H groups in total. The smallest absolute Gasteiger partial charge is 0.191 e. The van der Waals surface area contributed by atoms with Gasteiger partial charge in [0.05, 0.1) is 0 Å². The number of nitrogens with one attached hydrogen (secondary N) is 2. The highest BCUT2D eigenvalue weighted by Crippen LogP contribution is 2.08. The topological polar surface area (TPSA) is 36.4 Å². The van der Waals surface area contributed by atoms with E-state index in [4.69, 9.17) is 0 Å². The van der Waals surface area contributed by atoms with E-state index in [1.165, 1.54) is 0 Å². The monoisotopic (exact) mass is 251 g/mol. The lowest BCUT2D eigenvalue weighted by Gasteiger charge is -2.11. The molecule has 0 amide bonds. The molecule has 0 atom stereocenters. The van der Waals surface area contributed by atoms with E-state index in [1.807, 2.05) is 6.07 Å². The van der Waals surface area contributed by atoms with Gasteiger partial charge in [0.15, 0.2) is 5.96 Å². The molecular weight excluding hydrogens is 229 g/mol. The van der Waals surface area contributed by atoms with Crippen LogP contribution in [0.4, 0.5) is 4.39 Å². The van der Waals surface area contributed by atoms with Gasteiger partial charge in [-0.3, -0.25) is 4.99 Å². The van der Waals surface area contributed by atoms with Gasteiger partial charge in [-0.1, -0.05) is 25.5 Å². The van der Waals surface area contributed by atoms with Gasteiger partial charge in [0.2, 0.25) is 0 Å². The van der Waals surface area contributed by atoms with Crippen LogP contribution in [-0.4, -0.2) is 19.6 Å². The van der Waals surface area contributed by atoms with Gasteiger partial charge < -0.3 is 10.6 Å². The van der Waals surface area contributed by atoms with Crippen LogP contribution in [0, 0.1) is 12.7 Å². The predicted molar refractivity (Wildman–Crippen MR) is 74.2 cm³/mol. The highest BCUT2D eigenvalue weighted by Gasteiger charge is 2.01. The molecule has 0 heterocycles. The summed E-state index contributed by atoms with van der Waals surface area (Å²) >= 11 is 0. The molecule has 0 fully saturated rings. The molecule has 1 rings (SSSR count). The fraction of sp³-hybridized carbons (Fsp3) is 0.500. The standard InChI is InChI=1S/C14H22FN3/c1-4-5-8-17-14(16-3)18-10-12-7-6-11(2)13(15)9-12/h6-7,9H,4-5,8,10H2,1-3H3,(H2,16,17,18). The number of hydrogen-bond acceptors (Lipinski definition) is 1. The average molecular weight is 251 g/mol. The lowest BCUT2D eigenvalue weighted by molar-refractivity contribution is 0.615. The summed E-state index contributed by atoms with van der Waals surface area (Å²) in [5.41, 5.74) is 1.58. The van der Waals surface area contributed by atoms with Crippen LogP contribution >= 0.6 is 0 Å². The molecule has 0 aliphatic rings. The Kier molecular flexibility index (Phi) is 6.19. The van der Waals surface area contributed by atoms with Crippen LogP contribution in [0.25, 0.3) is 0 Å². The first-order valence-corrected chi connectivity index (χ1v) is 6.37. The SMILES string of the molecule is CCCCNC(=NC)NCc1ccc(C)c(F)c1. The van der Waals surface area contributed by atoms with E-state index in [0.29, 0.717) is 12.1 Å². The lowest BCUT2D eigenvalue weighted by Crippen LogP contribution is -2.37. The molecule has 0 bridgehead atoms. The summed E-state index contributed by atoms with van der Waals surface area (Å²) in [5, 5.41) is 6.38. The van der Waals surface area contributed by atoms with Crippen LogP contribution in [0.2, 0.25) is 0 Å². The average Bonchev–Trinajstić information content (AvgIpc) is 2.37. The summed E-state index contributed by atoms with van der Waals surface area (Å²) in [5.74, 6) is 0.590. The minimum atomic E-state index is -0.164. The summed E-state index contributed by atoms with van der Waals surface area (Å²) in [4.78, 5) is 4.12. The number of nitrogens with zero attached hydrogens (tertiary/aromatic N) is 1. The number of aliphatic imine (C=N–C) groups is 1. The normalized spacial score (nSPS) is 11.4. The maximum Gasteiger partial charge on any atom is 0.191 e. The van der Waals surface area contributed by atoms with E-state index in [1.54, 1.807) is 26.1 Å². The number of hydrogen-bond donors (Lipinski definition) is 2. The van der Waals surface area contributed by atoms with Crippen molar-refractivity contribution in [2.45, 2.75) is 33.2 Å². The van der Waals surface area contributed by atoms with Crippen molar-refractivity contribution >= 4 is 5.96 Å². The van der Waals surface area contributed by atoms with Gasteiger partial charge >= 0.3 is 0 Å². The van der Waals surface area contributed by atoms with E-state index in [2.05, 4.69) is 22.5 Å². The molecule has 0 aliphatic carbocycles. The number of aryl methyl sites for hydroxylation is 1. The van der Waals surface area contributed by atoms with Crippen molar-refractivity contribution in [3.63, 3.8) is 0 Å². The van der Waals surface area contributed by atoms with Crippen molar-refractivity contribution in [2.75, 3.05) is 13.6 Å². The van der Waals surface area contributed by atoms with Crippen molar-refractivity contribution in [3.8, 4) is 0 Å². The van der Waals surface area contributed by atoms with Gasteiger partial charge in [0, 0.05) is 20.1 Å². The van der Waals surface area contributed by atoms with Crippen molar-refractivity contribution in [3.05, 3.63) is 35.1 Å². The Morgan fingerprint density at radius 2 is 2.11 bits per heavy atom. The molecule has 0 aromatic heterocycles. The highest BCUT2D eigenvalue weighted by molar-refractivity contribution is 5.79. The van der Waals surface area contributed by atoms with Gasteiger partial charge in [-0.05, 0) is 30.5 Å². The molecule has 0 saturated carbocycles. The Labute approximate surface area is 109 Å². The molecule has 4 heteroatoms. The first kappa shape index (κ1) is 14.5. The van der Waals surface area contributed by atoms with Gasteiger partial charge in [0.1, 0.15) is 5.82 Å². The van der Waals surface area contributed by atoms with Crippen LogP contribution in [-0.2, 0) is 6.54 Å². The number of rotatable bonds is 5. The van der Waals surface area contributed by atoms with Crippen molar-refractivity contribution in [1.29, 1.82) is 0 Å². The summed E-state index contributed by atoms with van der Waals surface area (Å²) in [6, 6.07) is 5.27. The second kappa shape index (κ2) is 7.69. The first-order chi connectivity index (χ1) is 8.67. The molecule has 100 valence electrons. The quantitative estimate of drug-likeness (QED) is 0.479. The third-order valence-electron chi connectivity index (χ3n) is 2.74. The summed E-state index contributed by atoms with van der Waals surface area (Å²) in [7, 11) is 1.73. The van der Waals surface area contributed by atoms with E-state index >= 15 is 0 Å². The molecule has 0 saturated heterocycles. The van der Waals surface area contributed by atoms with Gasteiger partial charge in [0.25, 0.3) is 0 Å². The van der Waals surface area contributed by atoms with Crippen LogP contribution < -0.4 is 10.6 Å². The maximum atomic E-state index is 13.4. The minimum absolute atomic E-state index is 0.164. The number of benzene rings is 1. The highest BCUT2D eigenvalue weighted by atomic mass is 19.1. The van der Waals surface area contributed by atoms with E-state index in [0.717, 1.165) is 30.9 Å². The Bertz CT molecular complexity index is 402. The fourth-order valence-electron chi connectivity index (χ4n) is 1.54. The van der Waals surface area contributed by atoms with Gasteiger partial charge in [-0.25, -0.2) is 4.39 Å². The third-order valence-corrected chi connectivity index (χ3v) is 2.74. The van der Waals surface area contributed by atoms with E-state index < -0.39 is 0 Å². The third kappa shape index (κ3) is 4.73. The van der Waals surface area contributed by atoms with E-state index in [-0.39, 0.29) is 5.82 Å². The molecule has 3 nitrogen and oxygen atoms in total. The van der Waals surface area contributed by atoms with Gasteiger partial charge in [-0.2, -0.15) is 0 Å². The fourth-order valence-corrected chi connectivity index (χ4v) is 1.54. The molecule has 1 aromatic carbocycles. The molecule has 0 unspecified atom stereocenters. The van der Waals surface area contributed by atoms with Crippen LogP contribution in [0.15, 0.2) is 23.2 Å². The lowest BCUT2D eigenvalue weighted by atomic mass is 10.1. The maximum absolute atomic E-state index is 13.4. The van der Waals surface area contributed by atoms with Crippen molar-refractivity contribution in [2.24, 2.45) is 4.99 Å². The Balaban J connectivity index is 2.45. The second-order valence-electron chi connectivity index (χ2n) is 4.29. The molecule has 0 spiro atoms. The molecule has 1 aromatic rings. The zero-order valence-electron chi connectivity index (χ0n) is 11.4. The molecule has 0 aliphatic heterocycles. The predicted octanol–water partition coefficient (Wildman–Crippen LogP) is 2.60. The Morgan fingerprint density at radius 1 is 1.33 bits per heavy atom. The first-order valence-electron chi connectivity index (χ1n) is 6.37. The summed E-state index contributed by atoms with van der Waals surface area (Å²) in [6.07, 6.45) is 2.26. The molecular formula is C14H22FN3.